The van der Waals surface area contributed by atoms with E-state index in [2.05, 4.69) is 27.7 Å². The van der Waals surface area contributed by atoms with Crippen molar-refractivity contribution in [3.05, 3.63) is 6.92 Å². The molecule has 0 aliphatic heterocycles. The molecule has 0 amide bonds. The van der Waals surface area contributed by atoms with Crippen LogP contribution in [0.4, 0.5) is 0 Å². The van der Waals surface area contributed by atoms with E-state index in [1.807, 2.05) is 0 Å². The van der Waals surface area contributed by atoms with Gasteiger partial charge < -0.3 is 0 Å². The summed E-state index contributed by atoms with van der Waals surface area (Å²) in [5.74, 6) is 0. The van der Waals surface area contributed by atoms with Gasteiger partial charge in [0.1, 0.15) is 0 Å². The Hall–Kier alpha value is -0.130. The van der Waals surface area contributed by atoms with E-state index in [1.54, 1.807) is 0 Å². The molecule has 5 heavy (non-hydrogen) atoms. The van der Waals surface area contributed by atoms with E-state index in [0.717, 1.165) is 0 Å². The Morgan fingerprint density at radius 1 is 1.20 bits per heavy atom. The van der Waals surface area contributed by atoms with E-state index < -0.39 is 0 Å². The predicted octanol–water partition coefficient (Wildman–Crippen LogP) is 1.87. The average Bonchev–Trinajstić information content (AvgIpc) is 0.722. The summed E-state index contributed by atoms with van der Waals surface area (Å²) in [7, 11) is 0. The van der Waals surface area contributed by atoms with E-state index in [0.29, 0.717) is 0 Å². The highest BCUT2D eigenvalue weighted by Crippen LogP contribution is 2.07. The van der Waals surface area contributed by atoms with Crippen molar-refractivity contribution in [3.63, 3.8) is 0 Å². The van der Waals surface area contributed by atoms with Crippen molar-refractivity contribution in [2.45, 2.75) is 20.8 Å². The van der Waals surface area contributed by atoms with Crippen LogP contribution in [0.15, 0.2) is 0 Å². The van der Waals surface area contributed by atoms with Crippen LogP contribution in [0.25, 0.3) is 0 Å². The topological polar surface area (TPSA) is 0 Å². The second-order valence-corrected chi connectivity index (χ2v) is 2.56. The van der Waals surface area contributed by atoms with Gasteiger partial charge in [0, 0.05) is 0 Å². The molecule has 0 aliphatic rings. The maximum Gasteiger partial charge on any atom is 0.0970 e. The standard InChI is InChI=1S/C5H11/c1-5(2,3)4/h1H2,2-4H3/q+1. The predicted molar refractivity (Wildman–Crippen MR) is 24.8 cm³/mol. The molecule has 0 bridgehead atoms. The molecule has 0 radical (unpaired) electrons. The van der Waals surface area contributed by atoms with Gasteiger partial charge in [0.25, 0.3) is 0 Å². The lowest BCUT2D eigenvalue weighted by atomic mass is 10.0. The lowest BCUT2D eigenvalue weighted by Crippen LogP contribution is -1.94. The largest absolute Gasteiger partial charge is 0.0970 e. The van der Waals surface area contributed by atoms with Gasteiger partial charge in [-0.1, -0.05) is 0 Å². The summed E-state index contributed by atoms with van der Waals surface area (Å²) >= 11 is 0. The summed E-state index contributed by atoms with van der Waals surface area (Å²) in [5, 5.41) is 0. The van der Waals surface area contributed by atoms with E-state index in [-0.39, 0.29) is 5.41 Å². The molecule has 0 aromatic rings. The Bertz CT molecular complexity index is 15.5. The number of hydrogen-bond acceptors (Lipinski definition) is 0. The van der Waals surface area contributed by atoms with Crippen molar-refractivity contribution in [1.29, 1.82) is 0 Å². The number of rotatable bonds is 0. The average molecular weight is 71.1 g/mol. The minimum Gasteiger partial charge on any atom is -0.0193 e. The molecule has 0 nitrogen and oxygen atoms in total. The minimum absolute atomic E-state index is 0.250. The highest BCUT2D eigenvalue weighted by Gasteiger charge is 2.05. The van der Waals surface area contributed by atoms with Crippen molar-refractivity contribution in [1.82, 2.24) is 0 Å². The summed E-state index contributed by atoms with van der Waals surface area (Å²) < 4.78 is 0. The molecule has 0 saturated carbocycles. The van der Waals surface area contributed by atoms with Crippen molar-refractivity contribution in [2.24, 2.45) is 5.41 Å². The highest BCUT2D eigenvalue weighted by molar-refractivity contribution is 4.60. The van der Waals surface area contributed by atoms with E-state index in [9.17, 15) is 0 Å². The Labute approximate surface area is 34.2 Å². The van der Waals surface area contributed by atoms with Crippen LogP contribution in [-0.4, -0.2) is 0 Å². The van der Waals surface area contributed by atoms with Gasteiger partial charge in [-0.2, -0.15) is 0 Å². The van der Waals surface area contributed by atoms with Crippen LogP contribution >= 0.6 is 0 Å². The first-order valence-electron chi connectivity index (χ1n) is 1.85. The first-order chi connectivity index (χ1) is 2.00. The zero-order chi connectivity index (χ0) is 4.50. The molecule has 0 aliphatic carbocycles. The first kappa shape index (κ1) is 4.87. The molecule has 0 aromatic carbocycles. The zero-order valence-electron chi connectivity index (χ0n) is 4.21. The molecule has 0 atom stereocenters. The molecule has 0 fully saturated rings. The van der Waals surface area contributed by atoms with Crippen LogP contribution in [0.5, 0.6) is 0 Å². The first-order valence-corrected chi connectivity index (χ1v) is 1.85. The Kier molecular flexibility index (Phi) is 0.901. The van der Waals surface area contributed by atoms with Crippen LogP contribution in [0.1, 0.15) is 20.8 Å². The smallest absolute Gasteiger partial charge is 0.0193 e. The maximum atomic E-state index is 3.77. The Morgan fingerprint density at radius 2 is 1.20 bits per heavy atom. The normalized spacial score (nSPS) is 11.8. The van der Waals surface area contributed by atoms with E-state index >= 15 is 0 Å². The third kappa shape index (κ3) is 801. The fraction of sp³-hybridized carbons (Fsp3) is 0.800. The highest BCUT2D eigenvalue weighted by atomic mass is 14.0. The summed E-state index contributed by atoms with van der Waals surface area (Å²) in [6.07, 6.45) is 0. The zero-order valence-corrected chi connectivity index (χ0v) is 4.21. The molecular weight excluding hydrogens is 60.1 g/mol. The van der Waals surface area contributed by atoms with Crippen molar-refractivity contribution in [2.75, 3.05) is 0 Å². The molecule has 0 aromatic heterocycles. The van der Waals surface area contributed by atoms with Gasteiger partial charge in [-0.05, 0) is 20.8 Å². The van der Waals surface area contributed by atoms with Gasteiger partial charge in [-0.3, -0.25) is 0 Å². The lowest BCUT2D eigenvalue weighted by molar-refractivity contribution is 0.539. The van der Waals surface area contributed by atoms with Gasteiger partial charge >= 0.3 is 0 Å². The fourth-order valence-corrected chi connectivity index (χ4v) is 0. The fourth-order valence-electron chi connectivity index (χ4n) is 0. The van der Waals surface area contributed by atoms with E-state index in [1.165, 1.54) is 0 Å². The lowest BCUT2D eigenvalue weighted by Gasteiger charge is -1.95. The quantitative estimate of drug-likeness (QED) is 0.382. The molecule has 0 spiro atoms. The van der Waals surface area contributed by atoms with Crippen molar-refractivity contribution in [3.8, 4) is 0 Å². The Morgan fingerprint density at radius 3 is 1.20 bits per heavy atom. The maximum absolute atomic E-state index is 3.77. The van der Waals surface area contributed by atoms with E-state index in [4.69, 9.17) is 0 Å². The van der Waals surface area contributed by atoms with Crippen LogP contribution in [0, 0.1) is 12.3 Å². The SMILES string of the molecule is [CH2+]C(C)(C)C. The van der Waals surface area contributed by atoms with Crippen LogP contribution in [-0.2, 0) is 0 Å². The molecule has 0 heteroatoms. The molecule has 30 valence electrons. The molecule has 0 rings (SSSR count). The van der Waals surface area contributed by atoms with Gasteiger partial charge in [-0.25, -0.2) is 0 Å². The van der Waals surface area contributed by atoms with Crippen molar-refractivity contribution < 1.29 is 0 Å². The molecule has 0 N–H and O–H groups in total. The molecule has 0 heterocycles. The van der Waals surface area contributed by atoms with Gasteiger partial charge in [0.15, 0.2) is 0 Å². The summed E-state index contributed by atoms with van der Waals surface area (Å²) in [5.41, 5.74) is 0.250. The summed E-state index contributed by atoms with van der Waals surface area (Å²) in [6.45, 7) is 10.0. The van der Waals surface area contributed by atoms with Crippen molar-refractivity contribution >= 4 is 0 Å². The Balaban J connectivity index is 3.02. The minimum atomic E-state index is 0.250. The van der Waals surface area contributed by atoms with Gasteiger partial charge in [0.05, 0.1) is 12.3 Å². The second-order valence-electron chi connectivity index (χ2n) is 2.56. The third-order valence-electron chi connectivity index (χ3n) is 0. The molecule has 0 saturated heterocycles. The van der Waals surface area contributed by atoms with Crippen LogP contribution < -0.4 is 0 Å². The summed E-state index contributed by atoms with van der Waals surface area (Å²) in [6, 6.07) is 0. The van der Waals surface area contributed by atoms with Gasteiger partial charge in [-0.15, -0.1) is 0 Å². The number of hydrogen-bond donors (Lipinski definition) is 0. The van der Waals surface area contributed by atoms with Crippen LogP contribution in [0.3, 0.4) is 0 Å². The second kappa shape index (κ2) is 0.925. The van der Waals surface area contributed by atoms with Gasteiger partial charge in [0.2, 0.25) is 0 Å². The third-order valence-corrected chi connectivity index (χ3v) is 0. The summed E-state index contributed by atoms with van der Waals surface area (Å²) in [4.78, 5) is 0. The molecule has 0 unspecified atom stereocenters. The van der Waals surface area contributed by atoms with Crippen LogP contribution in [0.2, 0.25) is 0 Å². The molecular formula is C5H11+. The monoisotopic (exact) mass is 71.1 g/mol.